The van der Waals surface area contributed by atoms with Crippen LogP contribution in [-0.2, 0) is 20.4 Å². The molecule has 4 heteroatoms. The van der Waals surface area contributed by atoms with Gasteiger partial charge in [-0.25, -0.2) is 0 Å². The molecule has 0 amide bonds. The van der Waals surface area contributed by atoms with Gasteiger partial charge < -0.3 is 0 Å². The quantitative estimate of drug-likeness (QED) is 0.0998. The first-order chi connectivity index (χ1) is 31.9. The van der Waals surface area contributed by atoms with Crippen molar-refractivity contribution in [2.45, 2.75) is 62.3 Å². The van der Waals surface area contributed by atoms with Crippen LogP contribution in [0.25, 0.3) is 0 Å². The van der Waals surface area contributed by atoms with Crippen molar-refractivity contribution in [1.29, 1.82) is 0 Å². The molecule has 340 valence electrons. The Bertz CT molecular complexity index is 2220. The van der Waals surface area contributed by atoms with Crippen LogP contribution in [0.1, 0.15) is 50.1 Å². The van der Waals surface area contributed by atoms with Crippen LogP contribution in [0.5, 0.6) is 0 Å². The first-order valence-electron chi connectivity index (χ1n) is 23.1. The summed E-state index contributed by atoms with van der Waals surface area (Å²) < 4.78 is 0. The number of benzene rings is 9. The summed E-state index contributed by atoms with van der Waals surface area (Å²) in [6.07, 6.45) is 0. The van der Waals surface area contributed by atoms with Crippen LogP contribution < -0.4 is 47.7 Å². The molecule has 0 unspecified atom stereocenters. The van der Waals surface area contributed by atoms with Gasteiger partial charge in [0.25, 0.3) is 0 Å². The Labute approximate surface area is 419 Å². The predicted octanol–water partition coefficient (Wildman–Crippen LogP) is 12.3. The molecule has 0 aliphatic rings. The van der Waals surface area contributed by atoms with Crippen molar-refractivity contribution in [3.63, 3.8) is 0 Å². The molecule has 0 radical (unpaired) electrons. The Morgan fingerprint density at radius 2 is 0.224 bits per heavy atom. The average molecular weight is 1020 g/mol. The van der Waals surface area contributed by atoms with E-state index < -0.39 is 23.8 Å². The van der Waals surface area contributed by atoms with Crippen molar-refractivity contribution < 1.29 is 20.4 Å². The minimum atomic E-state index is -0.927. The number of rotatable bonds is 9. The van der Waals surface area contributed by atoms with Crippen LogP contribution in [0.4, 0.5) is 0 Å². The van der Waals surface area contributed by atoms with E-state index in [-0.39, 0.29) is 20.4 Å². The minimum absolute atomic E-state index is 0. The maximum Gasteiger partial charge on any atom is 0.102 e. The van der Waals surface area contributed by atoms with E-state index in [9.17, 15) is 0 Å². The van der Waals surface area contributed by atoms with Gasteiger partial charge in [0.15, 0.2) is 0 Å². The van der Waals surface area contributed by atoms with Gasteiger partial charge >= 0.3 is 0 Å². The zero-order valence-corrected chi connectivity index (χ0v) is 45.2. The normalized spacial score (nSPS) is 10.7. The molecule has 0 nitrogen and oxygen atoms in total. The van der Waals surface area contributed by atoms with Crippen molar-refractivity contribution in [2.75, 3.05) is 0 Å². The van der Waals surface area contributed by atoms with Crippen LogP contribution in [0.15, 0.2) is 218 Å². The number of hydrogen-bond acceptors (Lipinski definition) is 0. The van der Waals surface area contributed by atoms with Crippen molar-refractivity contribution in [3.05, 3.63) is 268 Å². The predicted molar refractivity (Wildman–Crippen MR) is 302 cm³/mol. The fourth-order valence-corrected chi connectivity index (χ4v) is 15.5. The van der Waals surface area contributed by atoms with Crippen LogP contribution in [-0.4, -0.2) is 0 Å². The van der Waals surface area contributed by atoms with Gasteiger partial charge in [0.2, 0.25) is 0 Å². The monoisotopic (exact) mass is 1020 g/mol. The van der Waals surface area contributed by atoms with Gasteiger partial charge in [-0.15, -0.1) is 0 Å². The molecule has 0 bridgehead atoms. The Hall–Kier alpha value is -5.07. The SMILES string of the molecule is Cc1ccc([PH+](c2ccc(C)cc2)c2ccc(C)cc2)cc1.Cc1ccc([PH+](c2ccc(C)cc2)c2ccc(C)cc2)cc1.Cc1ccc([PH+](c2ccc(C)cc2)c2ccc(C)cc2)cc1.[Pd]. The topological polar surface area (TPSA) is 0 Å². The molecule has 0 aliphatic carbocycles. The fourth-order valence-electron chi connectivity index (χ4n) is 7.98. The smallest absolute Gasteiger partial charge is 0.0554 e. The van der Waals surface area contributed by atoms with Gasteiger partial charge in [0.05, 0.1) is 23.8 Å². The molecule has 0 spiro atoms. The second-order valence-corrected chi connectivity index (χ2v) is 25.4. The van der Waals surface area contributed by atoms with E-state index in [0.29, 0.717) is 0 Å². The summed E-state index contributed by atoms with van der Waals surface area (Å²) in [5, 5.41) is 13.0. The van der Waals surface area contributed by atoms with Crippen molar-refractivity contribution >= 4 is 71.5 Å². The zero-order valence-electron chi connectivity index (χ0n) is 40.6. The maximum atomic E-state index is 2.29. The van der Waals surface area contributed by atoms with Crippen molar-refractivity contribution in [1.82, 2.24) is 0 Å². The molecular formula is C63H66P3Pd+3. The first-order valence-corrected chi connectivity index (χ1v) is 27.6. The molecule has 9 aromatic carbocycles. The average Bonchev–Trinajstić information content (AvgIpc) is 3.33. The van der Waals surface area contributed by atoms with Gasteiger partial charge in [-0.1, -0.05) is 159 Å². The summed E-state index contributed by atoms with van der Waals surface area (Å²) in [5.74, 6) is 0. The third-order valence-corrected chi connectivity index (χ3v) is 20.3. The summed E-state index contributed by atoms with van der Waals surface area (Å²) >= 11 is 0. The van der Waals surface area contributed by atoms with Crippen LogP contribution in [0, 0.1) is 62.3 Å². The Morgan fingerprint density at radius 1 is 0.149 bits per heavy atom. The summed E-state index contributed by atoms with van der Waals surface area (Å²) in [7, 11) is -2.78. The molecule has 9 aromatic rings. The summed E-state index contributed by atoms with van der Waals surface area (Å²) in [5.41, 5.74) is 11.9. The Kier molecular flexibility index (Phi) is 19.0. The van der Waals surface area contributed by atoms with E-state index in [1.807, 2.05) is 0 Å². The fraction of sp³-hybridized carbons (Fsp3) is 0.143. The van der Waals surface area contributed by atoms with Crippen molar-refractivity contribution in [3.8, 4) is 0 Å². The molecule has 0 fully saturated rings. The van der Waals surface area contributed by atoms with Crippen LogP contribution in [0.3, 0.4) is 0 Å². The largest absolute Gasteiger partial charge is 0.102 e. The second-order valence-electron chi connectivity index (χ2n) is 17.9. The zero-order chi connectivity index (χ0) is 46.6. The standard InChI is InChI=1S/3C21H21P.Pd/c3*1-16-4-10-19(11-5-16)22(20-12-6-17(2)7-13-20)21-14-8-18(3)9-15-21;/h3*4-15H,1-3H3;/p+3. The number of hydrogen-bond donors (Lipinski definition) is 0. The van der Waals surface area contributed by atoms with Gasteiger partial charge in [-0.2, -0.15) is 0 Å². The molecule has 0 heterocycles. The first kappa shape index (κ1) is 51.3. The van der Waals surface area contributed by atoms with Crippen LogP contribution in [0.2, 0.25) is 0 Å². The molecule has 0 atom stereocenters. The molecule has 0 saturated heterocycles. The Balaban J connectivity index is 0.000000165. The molecule has 0 aromatic heterocycles. The minimum Gasteiger partial charge on any atom is -0.0554 e. The summed E-state index contributed by atoms with van der Waals surface area (Å²) in [6.45, 7) is 19.3. The van der Waals surface area contributed by atoms with Crippen molar-refractivity contribution in [2.24, 2.45) is 0 Å². The second kappa shape index (κ2) is 24.8. The molecule has 9 rings (SSSR count). The molecule has 67 heavy (non-hydrogen) atoms. The van der Waals surface area contributed by atoms with Gasteiger partial charge in [-0.05, 0) is 172 Å². The van der Waals surface area contributed by atoms with Crippen LogP contribution >= 0.6 is 23.8 Å². The van der Waals surface area contributed by atoms with E-state index in [2.05, 4.69) is 281 Å². The number of aryl methyl sites for hydroxylation is 9. The summed E-state index contributed by atoms with van der Waals surface area (Å²) in [6, 6.07) is 81.4. The molecule has 0 aliphatic heterocycles. The molecule has 0 N–H and O–H groups in total. The van der Waals surface area contributed by atoms with E-state index in [1.165, 1.54) is 97.8 Å². The third kappa shape index (κ3) is 14.5. The summed E-state index contributed by atoms with van der Waals surface area (Å²) in [4.78, 5) is 0. The van der Waals surface area contributed by atoms with E-state index in [1.54, 1.807) is 0 Å². The van der Waals surface area contributed by atoms with E-state index in [0.717, 1.165) is 0 Å². The third-order valence-electron chi connectivity index (χ3n) is 12.1. The molecule has 0 saturated carbocycles. The van der Waals surface area contributed by atoms with Gasteiger partial charge in [0.1, 0.15) is 47.7 Å². The Morgan fingerprint density at radius 3 is 0.299 bits per heavy atom. The molecular weight excluding hydrogens is 956 g/mol. The van der Waals surface area contributed by atoms with Gasteiger partial charge in [-0.3, -0.25) is 0 Å². The van der Waals surface area contributed by atoms with E-state index in [4.69, 9.17) is 0 Å². The van der Waals surface area contributed by atoms with E-state index >= 15 is 0 Å². The van der Waals surface area contributed by atoms with Gasteiger partial charge in [0, 0.05) is 20.4 Å². The maximum absolute atomic E-state index is 2.29.